The molecule has 15 heteroatoms. The summed E-state index contributed by atoms with van der Waals surface area (Å²) in [6.45, 7) is 1.05. The van der Waals surface area contributed by atoms with E-state index in [-0.39, 0.29) is 29.0 Å². The van der Waals surface area contributed by atoms with Crippen molar-refractivity contribution in [2.24, 2.45) is 11.3 Å². The number of hydrazine groups is 1. The third-order valence-electron chi connectivity index (χ3n) is 6.66. The van der Waals surface area contributed by atoms with Crippen LogP contribution in [0.15, 0.2) is 48.2 Å². The number of carbonyl (C=O) groups is 3. The number of hydrogen-bond acceptors (Lipinski definition) is 8. The molecule has 1 atom stereocenters. The predicted octanol–water partition coefficient (Wildman–Crippen LogP) is 2.76. The Labute approximate surface area is 228 Å². The maximum atomic E-state index is 14.7. The Morgan fingerprint density at radius 3 is 2.55 bits per heavy atom. The van der Waals surface area contributed by atoms with Gasteiger partial charge < -0.3 is 9.80 Å². The van der Waals surface area contributed by atoms with E-state index in [1.54, 1.807) is 12.1 Å². The molecule has 3 amide bonds. The van der Waals surface area contributed by atoms with Gasteiger partial charge in [-0.05, 0) is 24.3 Å². The molecule has 0 bridgehead atoms. The lowest BCUT2D eigenvalue weighted by atomic mass is 9.71. The molecule has 1 unspecified atom stereocenters. The van der Waals surface area contributed by atoms with Gasteiger partial charge in [-0.1, -0.05) is 29.3 Å². The summed E-state index contributed by atoms with van der Waals surface area (Å²) < 4.78 is 29.5. The third-order valence-corrected chi connectivity index (χ3v) is 8.16. The number of likely N-dealkylation sites (tertiary alicyclic amines) is 1. The smallest absolute Gasteiger partial charge is 0.351 e. The number of nitrogens with one attached hydrogen (secondary N) is 2. The van der Waals surface area contributed by atoms with Crippen molar-refractivity contribution in [1.82, 2.24) is 30.9 Å². The molecular weight excluding hydrogens is 563 g/mol. The first kappa shape index (κ1) is 26.2. The maximum Gasteiger partial charge on any atom is 0.351 e. The highest BCUT2D eigenvalue weighted by Crippen LogP contribution is 2.45. The quantitative estimate of drug-likeness (QED) is 0.444. The minimum atomic E-state index is -4.00. The van der Waals surface area contributed by atoms with Crippen molar-refractivity contribution in [2.45, 2.75) is 5.92 Å². The molecule has 2 N–H and O–H groups in total. The Hall–Kier alpha value is -3.42. The Morgan fingerprint density at radius 1 is 1.11 bits per heavy atom. The summed E-state index contributed by atoms with van der Waals surface area (Å²) in [5, 5.41) is 7.86. The van der Waals surface area contributed by atoms with E-state index in [1.807, 2.05) is 10.3 Å². The van der Waals surface area contributed by atoms with Crippen LogP contribution in [-0.2, 0) is 15.5 Å². The van der Waals surface area contributed by atoms with Crippen molar-refractivity contribution in [3.05, 3.63) is 68.7 Å². The van der Waals surface area contributed by atoms with Gasteiger partial charge in [0.05, 0.1) is 27.7 Å². The van der Waals surface area contributed by atoms with Crippen molar-refractivity contribution in [3.63, 3.8) is 0 Å². The maximum absolute atomic E-state index is 14.7. The van der Waals surface area contributed by atoms with Crippen LogP contribution in [0.3, 0.4) is 0 Å². The van der Waals surface area contributed by atoms with Gasteiger partial charge in [-0.25, -0.2) is 0 Å². The molecule has 0 radical (unpaired) electrons. The number of hydrogen-bond donors (Lipinski definition) is 2. The fourth-order valence-corrected chi connectivity index (χ4v) is 5.61. The molecule has 0 saturated carbocycles. The zero-order chi connectivity index (χ0) is 27.1. The van der Waals surface area contributed by atoms with Crippen molar-refractivity contribution >= 4 is 58.1 Å². The zero-order valence-corrected chi connectivity index (χ0v) is 21.7. The Balaban J connectivity index is 1.30. The van der Waals surface area contributed by atoms with Crippen molar-refractivity contribution < 1.29 is 23.2 Å². The molecule has 0 aliphatic carbocycles. The lowest BCUT2D eigenvalue weighted by Crippen LogP contribution is -2.64. The van der Waals surface area contributed by atoms with E-state index < -0.39 is 34.6 Å². The van der Waals surface area contributed by atoms with Crippen LogP contribution in [0.1, 0.15) is 15.2 Å². The van der Waals surface area contributed by atoms with E-state index in [9.17, 15) is 23.2 Å². The molecular formula is C23H19Cl2F2N7O3S. The largest absolute Gasteiger partial charge is 0.354 e. The Bertz CT molecular complexity index is 1370. The molecule has 3 aromatic rings. The summed E-state index contributed by atoms with van der Waals surface area (Å²) in [4.78, 5) is 46.4. The summed E-state index contributed by atoms with van der Waals surface area (Å²) in [7, 11) is 0. The van der Waals surface area contributed by atoms with Crippen LogP contribution in [0.25, 0.3) is 0 Å². The summed E-state index contributed by atoms with van der Waals surface area (Å²) in [5.41, 5.74) is 4.12. The lowest BCUT2D eigenvalue weighted by molar-refractivity contribution is -0.150. The Kier molecular flexibility index (Phi) is 6.92. The molecule has 10 nitrogen and oxygen atoms in total. The summed E-state index contributed by atoms with van der Waals surface area (Å²) in [6, 6.07) is 6.51. The van der Waals surface area contributed by atoms with Gasteiger partial charge in [0.25, 0.3) is 5.91 Å². The number of rotatable bonds is 5. The SMILES string of the molecule is O=C(NNC(=O)C(F)(F)c1ccc(Cl)c(Cl)c1)C1CN(C(=O)c2cncs2)CC12CN(c1cccnn1)C2. The van der Waals surface area contributed by atoms with Crippen LogP contribution >= 0.6 is 34.5 Å². The van der Waals surface area contributed by atoms with Gasteiger partial charge in [0.1, 0.15) is 4.88 Å². The first-order valence-corrected chi connectivity index (χ1v) is 12.9. The van der Waals surface area contributed by atoms with E-state index in [4.69, 9.17) is 23.2 Å². The van der Waals surface area contributed by atoms with E-state index in [0.29, 0.717) is 23.8 Å². The van der Waals surface area contributed by atoms with Crippen LogP contribution in [0.5, 0.6) is 0 Å². The molecule has 198 valence electrons. The zero-order valence-electron chi connectivity index (χ0n) is 19.4. The van der Waals surface area contributed by atoms with Crippen LogP contribution in [0.4, 0.5) is 14.6 Å². The average Bonchev–Trinajstić information content (AvgIpc) is 3.57. The second-order valence-corrected chi connectivity index (χ2v) is 10.8. The average molecular weight is 582 g/mol. The number of benzene rings is 1. The van der Waals surface area contributed by atoms with Gasteiger partial charge in [-0.2, -0.15) is 13.9 Å². The molecule has 4 heterocycles. The van der Waals surface area contributed by atoms with Gasteiger partial charge in [0.2, 0.25) is 5.91 Å². The molecule has 2 saturated heterocycles. The van der Waals surface area contributed by atoms with Crippen LogP contribution in [0.2, 0.25) is 10.0 Å². The minimum Gasteiger partial charge on any atom is -0.354 e. The van der Waals surface area contributed by atoms with E-state index >= 15 is 0 Å². The number of nitrogens with zero attached hydrogens (tertiary/aromatic N) is 5. The number of thiazole rings is 1. The number of aromatic nitrogens is 3. The normalized spacial score (nSPS) is 18.3. The number of alkyl halides is 2. The van der Waals surface area contributed by atoms with Crippen molar-refractivity contribution in [1.29, 1.82) is 0 Å². The molecule has 1 aromatic carbocycles. The molecule has 38 heavy (non-hydrogen) atoms. The van der Waals surface area contributed by atoms with E-state index in [0.717, 1.165) is 18.2 Å². The monoisotopic (exact) mass is 581 g/mol. The van der Waals surface area contributed by atoms with E-state index in [2.05, 4.69) is 20.6 Å². The third kappa shape index (κ3) is 4.76. The topological polar surface area (TPSA) is 120 Å². The van der Waals surface area contributed by atoms with Gasteiger partial charge in [-0.15, -0.1) is 16.4 Å². The van der Waals surface area contributed by atoms with Crippen molar-refractivity contribution in [3.8, 4) is 0 Å². The van der Waals surface area contributed by atoms with Gasteiger partial charge in [-0.3, -0.25) is 30.2 Å². The molecule has 2 aromatic heterocycles. The van der Waals surface area contributed by atoms with E-state index in [1.165, 1.54) is 34.1 Å². The first-order chi connectivity index (χ1) is 18.1. The highest BCUT2D eigenvalue weighted by atomic mass is 35.5. The van der Waals surface area contributed by atoms with Crippen molar-refractivity contribution in [2.75, 3.05) is 31.1 Å². The number of amides is 3. The molecule has 2 aliphatic heterocycles. The molecule has 2 aliphatic rings. The summed E-state index contributed by atoms with van der Waals surface area (Å²) in [5.74, 6) is -6.89. The Morgan fingerprint density at radius 2 is 1.89 bits per heavy atom. The first-order valence-electron chi connectivity index (χ1n) is 11.2. The van der Waals surface area contributed by atoms with Gasteiger partial charge in [0, 0.05) is 43.4 Å². The highest BCUT2D eigenvalue weighted by molar-refractivity contribution is 7.11. The fourth-order valence-electron chi connectivity index (χ4n) is 4.73. The summed E-state index contributed by atoms with van der Waals surface area (Å²) in [6.07, 6.45) is 2.99. The molecule has 1 spiro atoms. The van der Waals surface area contributed by atoms with Crippen LogP contribution in [0, 0.1) is 11.3 Å². The fraction of sp³-hybridized carbons (Fsp3) is 0.304. The standard InChI is InChI=1S/C23H19Cl2F2N7O3S/c24-15-4-3-13(6-16(15)25)23(26,27)21(37)32-31-19(35)14-8-33(20(36)17-7-28-12-38-17)9-22(14)10-34(11-22)18-2-1-5-29-30-18/h1-7,12,14H,8-11H2,(H,31,35)(H,32,37). The minimum absolute atomic E-state index is 0.0376. The lowest BCUT2D eigenvalue weighted by Gasteiger charge is -2.50. The second-order valence-electron chi connectivity index (χ2n) is 9.05. The van der Waals surface area contributed by atoms with Gasteiger partial charge in [0.15, 0.2) is 5.82 Å². The predicted molar refractivity (Wildman–Crippen MR) is 135 cm³/mol. The molecule has 2 fully saturated rings. The number of carbonyl (C=O) groups excluding carboxylic acids is 3. The van der Waals surface area contributed by atoms with Gasteiger partial charge >= 0.3 is 11.8 Å². The van der Waals surface area contributed by atoms with Crippen LogP contribution < -0.4 is 15.8 Å². The van der Waals surface area contributed by atoms with Crippen LogP contribution in [-0.4, -0.2) is 64.0 Å². The molecule has 5 rings (SSSR count). The number of anilines is 1. The highest BCUT2D eigenvalue weighted by Gasteiger charge is 2.58. The number of halogens is 4. The summed E-state index contributed by atoms with van der Waals surface area (Å²) >= 11 is 12.8. The second kappa shape index (κ2) is 10.0.